The second kappa shape index (κ2) is 11.0. The van der Waals surface area contributed by atoms with E-state index in [1.807, 2.05) is 0 Å². The van der Waals surface area contributed by atoms with Crippen LogP contribution in [0.15, 0.2) is 42.5 Å². The number of nitro benzene ring substituents is 1. The Hall–Kier alpha value is -3.96. The molecule has 1 heterocycles. The van der Waals surface area contributed by atoms with Crippen LogP contribution in [-0.2, 0) is 4.74 Å². The van der Waals surface area contributed by atoms with Crippen LogP contribution in [0.25, 0.3) is 0 Å². The zero-order chi connectivity index (χ0) is 25.7. The number of amides is 2. The molecule has 2 aromatic carbocycles. The Balaban J connectivity index is 1.94. The van der Waals surface area contributed by atoms with E-state index in [1.54, 1.807) is 38.1 Å². The largest absolute Gasteiger partial charge is 0.497 e. The van der Waals surface area contributed by atoms with Gasteiger partial charge in [0.25, 0.3) is 17.5 Å². The summed E-state index contributed by atoms with van der Waals surface area (Å²) in [5, 5.41) is 16.4. The highest BCUT2D eigenvalue weighted by atomic mass is 35.5. The average Bonchev–Trinajstić information content (AvgIpc) is 3.15. The van der Waals surface area contributed by atoms with Gasteiger partial charge < -0.3 is 20.1 Å². The SMILES string of the molecule is CCOC(=O)c1c(NC(=O)c2ccc(Cl)c([N+](=O)[O-])c2)sc(C(=O)Nc2ccc(OC)cc2)c1C. The summed E-state index contributed by atoms with van der Waals surface area (Å²) >= 11 is 6.70. The molecule has 0 fully saturated rings. The fourth-order valence-corrected chi connectivity index (χ4v) is 4.37. The summed E-state index contributed by atoms with van der Waals surface area (Å²) in [5.74, 6) is -1.32. The molecule has 3 rings (SSSR count). The van der Waals surface area contributed by atoms with Gasteiger partial charge in [0.05, 0.1) is 29.1 Å². The molecule has 35 heavy (non-hydrogen) atoms. The lowest BCUT2D eigenvalue weighted by molar-refractivity contribution is -0.384. The van der Waals surface area contributed by atoms with Gasteiger partial charge in [0.2, 0.25) is 0 Å². The molecule has 0 aliphatic heterocycles. The molecule has 2 amide bonds. The minimum absolute atomic E-state index is 0.0218. The molecule has 0 saturated carbocycles. The van der Waals surface area contributed by atoms with Crippen molar-refractivity contribution < 1.29 is 28.8 Å². The van der Waals surface area contributed by atoms with Gasteiger partial charge in [-0.25, -0.2) is 4.79 Å². The van der Waals surface area contributed by atoms with Crippen molar-refractivity contribution in [1.82, 2.24) is 0 Å². The van der Waals surface area contributed by atoms with Crippen molar-refractivity contribution >= 4 is 57.1 Å². The van der Waals surface area contributed by atoms with Crippen LogP contribution in [0.5, 0.6) is 5.75 Å². The number of esters is 1. The molecular weight excluding hydrogens is 498 g/mol. The lowest BCUT2D eigenvalue weighted by Crippen LogP contribution is -2.15. The minimum atomic E-state index is -0.723. The second-order valence-electron chi connectivity index (χ2n) is 7.04. The van der Waals surface area contributed by atoms with Gasteiger partial charge in [-0.15, -0.1) is 11.3 Å². The van der Waals surface area contributed by atoms with Gasteiger partial charge in [-0.3, -0.25) is 19.7 Å². The number of hydrogen-bond donors (Lipinski definition) is 2. The molecule has 0 unspecified atom stereocenters. The number of halogens is 1. The third-order valence-electron chi connectivity index (χ3n) is 4.81. The standard InChI is InChI=1S/C23H20ClN3O7S/c1-4-34-23(30)18-12(2)19(21(29)25-14-6-8-15(33-3)9-7-14)35-22(18)26-20(28)13-5-10-16(24)17(11-13)27(31)32/h5-11H,4H2,1-3H3,(H,25,29)(H,26,28). The Morgan fingerprint density at radius 2 is 1.77 bits per heavy atom. The zero-order valence-corrected chi connectivity index (χ0v) is 20.4. The summed E-state index contributed by atoms with van der Waals surface area (Å²) in [6.07, 6.45) is 0. The lowest BCUT2D eigenvalue weighted by atomic mass is 10.1. The predicted molar refractivity (Wildman–Crippen MR) is 132 cm³/mol. The third kappa shape index (κ3) is 5.76. The van der Waals surface area contributed by atoms with E-state index in [0.717, 1.165) is 17.4 Å². The Morgan fingerprint density at radius 1 is 1.09 bits per heavy atom. The smallest absolute Gasteiger partial charge is 0.341 e. The number of hydrogen-bond acceptors (Lipinski definition) is 8. The Bertz CT molecular complexity index is 1310. The Labute approximate surface area is 209 Å². The molecule has 182 valence electrons. The first-order valence-electron chi connectivity index (χ1n) is 10.2. The number of carbonyl (C=O) groups is 3. The maximum atomic E-state index is 13.0. The zero-order valence-electron chi connectivity index (χ0n) is 18.8. The molecular formula is C23H20ClN3O7S. The van der Waals surface area contributed by atoms with Crippen LogP contribution in [0.3, 0.4) is 0 Å². The summed E-state index contributed by atoms with van der Waals surface area (Å²) in [4.78, 5) is 49.1. The highest BCUT2D eigenvalue weighted by Crippen LogP contribution is 2.35. The number of anilines is 2. The molecule has 1 aromatic heterocycles. The summed E-state index contributed by atoms with van der Waals surface area (Å²) in [6.45, 7) is 3.27. The summed E-state index contributed by atoms with van der Waals surface area (Å²) in [5.41, 5.74) is 0.351. The van der Waals surface area contributed by atoms with Crippen LogP contribution in [0.1, 0.15) is 42.9 Å². The van der Waals surface area contributed by atoms with Crippen LogP contribution in [-0.4, -0.2) is 36.4 Å². The molecule has 3 aromatic rings. The molecule has 0 bridgehead atoms. The van der Waals surface area contributed by atoms with Gasteiger partial charge in [-0.2, -0.15) is 0 Å². The van der Waals surface area contributed by atoms with Crippen molar-refractivity contribution in [2.75, 3.05) is 24.4 Å². The van der Waals surface area contributed by atoms with Crippen LogP contribution < -0.4 is 15.4 Å². The van der Waals surface area contributed by atoms with Crippen LogP contribution in [0.4, 0.5) is 16.4 Å². The number of nitro groups is 1. The normalized spacial score (nSPS) is 10.4. The highest BCUT2D eigenvalue weighted by molar-refractivity contribution is 7.19. The van der Waals surface area contributed by atoms with Crippen molar-refractivity contribution in [3.8, 4) is 5.75 Å². The first-order valence-corrected chi connectivity index (χ1v) is 11.4. The molecule has 12 heteroatoms. The van der Waals surface area contributed by atoms with Crippen LogP contribution >= 0.6 is 22.9 Å². The number of methoxy groups -OCH3 is 1. The topological polar surface area (TPSA) is 137 Å². The fourth-order valence-electron chi connectivity index (χ4n) is 3.10. The van der Waals surface area contributed by atoms with Crippen molar-refractivity contribution in [2.45, 2.75) is 13.8 Å². The Morgan fingerprint density at radius 3 is 2.37 bits per heavy atom. The number of benzene rings is 2. The van der Waals surface area contributed by atoms with Crippen molar-refractivity contribution in [3.63, 3.8) is 0 Å². The number of thiophene rings is 1. The Kier molecular flexibility index (Phi) is 8.05. The molecule has 0 aliphatic rings. The first-order chi connectivity index (χ1) is 16.7. The van der Waals surface area contributed by atoms with E-state index in [2.05, 4.69) is 10.6 Å². The highest BCUT2D eigenvalue weighted by Gasteiger charge is 2.27. The van der Waals surface area contributed by atoms with Gasteiger partial charge >= 0.3 is 5.97 Å². The maximum Gasteiger partial charge on any atom is 0.341 e. The number of ether oxygens (including phenoxy) is 2. The maximum absolute atomic E-state index is 13.0. The molecule has 0 atom stereocenters. The number of nitrogens with zero attached hydrogens (tertiary/aromatic N) is 1. The van der Waals surface area contributed by atoms with Crippen molar-refractivity contribution in [3.05, 3.63) is 79.2 Å². The van der Waals surface area contributed by atoms with E-state index in [-0.39, 0.29) is 32.6 Å². The molecule has 0 spiro atoms. The fraction of sp³-hybridized carbons (Fsp3) is 0.174. The monoisotopic (exact) mass is 517 g/mol. The van der Waals surface area contributed by atoms with E-state index < -0.39 is 28.4 Å². The van der Waals surface area contributed by atoms with Crippen molar-refractivity contribution in [2.24, 2.45) is 0 Å². The average molecular weight is 518 g/mol. The van der Waals surface area contributed by atoms with Gasteiger partial charge in [0.1, 0.15) is 15.8 Å². The molecule has 0 aliphatic carbocycles. The summed E-state index contributed by atoms with van der Waals surface area (Å²) < 4.78 is 10.2. The number of nitrogens with one attached hydrogen (secondary N) is 2. The predicted octanol–water partition coefficient (Wildman–Crippen LogP) is 5.31. The number of rotatable bonds is 8. The van der Waals surface area contributed by atoms with E-state index >= 15 is 0 Å². The molecule has 0 radical (unpaired) electrons. The number of carbonyl (C=O) groups excluding carboxylic acids is 3. The van der Waals surface area contributed by atoms with E-state index in [9.17, 15) is 24.5 Å². The molecule has 10 nitrogen and oxygen atoms in total. The lowest BCUT2D eigenvalue weighted by Gasteiger charge is -2.07. The second-order valence-corrected chi connectivity index (χ2v) is 8.47. The molecule has 0 saturated heterocycles. The van der Waals surface area contributed by atoms with E-state index in [1.165, 1.54) is 19.2 Å². The quantitative estimate of drug-likeness (QED) is 0.235. The van der Waals surface area contributed by atoms with Crippen LogP contribution in [0.2, 0.25) is 5.02 Å². The van der Waals surface area contributed by atoms with E-state index in [0.29, 0.717) is 17.0 Å². The van der Waals surface area contributed by atoms with Gasteiger partial charge in [0, 0.05) is 17.3 Å². The van der Waals surface area contributed by atoms with Gasteiger partial charge in [-0.1, -0.05) is 11.6 Å². The summed E-state index contributed by atoms with van der Waals surface area (Å²) in [7, 11) is 1.53. The van der Waals surface area contributed by atoms with Gasteiger partial charge in [0.15, 0.2) is 0 Å². The minimum Gasteiger partial charge on any atom is -0.497 e. The summed E-state index contributed by atoms with van der Waals surface area (Å²) in [6, 6.07) is 10.2. The van der Waals surface area contributed by atoms with Gasteiger partial charge in [-0.05, 0) is 55.8 Å². The van der Waals surface area contributed by atoms with E-state index in [4.69, 9.17) is 21.1 Å². The third-order valence-corrected chi connectivity index (χ3v) is 6.34. The van der Waals surface area contributed by atoms with Crippen molar-refractivity contribution in [1.29, 1.82) is 0 Å². The first kappa shape index (κ1) is 25.7. The molecule has 2 N–H and O–H groups in total. The van der Waals surface area contributed by atoms with Crippen LogP contribution in [0, 0.1) is 17.0 Å².